The van der Waals surface area contributed by atoms with E-state index < -0.39 is 10.0 Å². The zero-order chi connectivity index (χ0) is 16.2. The summed E-state index contributed by atoms with van der Waals surface area (Å²) in [5.74, 6) is 0.129. The number of carbonyl (C=O) groups is 1. The van der Waals surface area contributed by atoms with E-state index in [-0.39, 0.29) is 11.9 Å². The van der Waals surface area contributed by atoms with Gasteiger partial charge in [-0.25, -0.2) is 18.1 Å². The molecule has 1 amide bonds. The van der Waals surface area contributed by atoms with Crippen LogP contribution in [0.4, 0.5) is 0 Å². The van der Waals surface area contributed by atoms with Crippen molar-refractivity contribution in [3.05, 3.63) is 23.9 Å². The Morgan fingerprint density at radius 3 is 3.00 bits per heavy atom. The van der Waals surface area contributed by atoms with Gasteiger partial charge >= 0.3 is 0 Å². The van der Waals surface area contributed by atoms with Crippen LogP contribution < -0.4 is 9.46 Å². The Balaban J connectivity index is 2.12. The molecule has 0 aromatic carbocycles. The number of amides is 1. The molecule has 1 aromatic heterocycles. The smallest absolute Gasteiger partial charge is 0.259 e. The monoisotopic (exact) mass is 327 g/mol. The highest BCUT2D eigenvalue weighted by Gasteiger charge is 2.27. The van der Waals surface area contributed by atoms with E-state index in [0.717, 1.165) is 19.1 Å². The predicted molar refractivity (Wildman–Crippen MR) is 82.3 cm³/mol. The van der Waals surface area contributed by atoms with Crippen molar-refractivity contribution < 1.29 is 17.9 Å². The first-order valence-electron chi connectivity index (χ1n) is 7.25. The summed E-state index contributed by atoms with van der Waals surface area (Å²) in [6.45, 7) is 3.21. The third kappa shape index (κ3) is 4.41. The van der Waals surface area contributed by atoms with E-state index in [1.165, 1.54) is 0 Å². The van der Waals surface area contributed by atoms with Crippen LogP contribution in [0.3, 0.4) is 0 Å². The molecule has 1 saturated heterocycles. The van der Waals surface area contributed by atoms with Gasteiger partial charge in [0.2, 0.25) is 15.9 Å². The van der Waals surface area contributed by atoms with Crippen LogP contribution in [0.1, 0.15) is 30.1 Å². The number of nitrogens with one attached hydrogen (secondary N) is 1. The Hall–Kier alpha value is -1.67. The Kier molecular flexibility index (Phi) is 5.36. The second-order valence-electron chi connectivity index (χ2n) is 5.27. The molecule has 122 valence electrons. The summed E-state index contributed by atoms with van der Waals surface area (Å²) in [5, 5.41) is 0. The van der Waals surface area contributed by atoms with E-state index in [1.54, 1.807) is 23.2 Å². The highest BCUT2D eigenvalue weighted by atomic mass is 32.2. The molecule has 1 aliphatic rings. The van der Waals surface area contributed by atoms with Crippen LogP contribution in [-0.2, 0) is 10.0 Å². The van der Waals surface area contributed by atoms with Gasteiger partial charge in [-0.15, -0.1) is 0 Å². The van der Waals surface area contributed by atoms with Crippen molar-refractivity contribution in [3.63, 3.8) is 0 Å². The van der Waals surface area contributed by atoms with Crippen molar-refractivity contribution in [2.45, 2.75) is 25.8 Å². The van der Waals surface area contributed by atoms with Crippen molar-refractivity contribution in [2.24, 2.45) is 0 Å². The Morgan fingerprint density at radius 1 is 1.55 bits per heavy atom. The molecule has 0 aliphatic carbocycles. The van der Waals surface area contributed by atoms with Gasteiger partial charge in [-0.1, -0.05) is 0 Å². The summed E-state index contributed by atoms with van der Waals surface area (Å²) in [7, 11) is -3.28. The average molecular weight is 327 g/mol. The maximum atomic E-state index is 12.6. The van der Waals surface area contributed by atoms with Gasteiger partial charge in [-0.2, -0.15) is 0 Å². The standard InChI is InChI=1S/C14H21N3O4S/c1-3-21-13-12(7-4-8-15-13)14(18)17-9-5-6-11(10-17)16-22(2,19)20/h4,7-8,11,16H,3,5-6,9-10H2,1-2H3/t11-/m0/s1. The minimum Gasteiger partial charge on any atom is -0.477 e. The lowest BCUT2D eigenvalue weighted by Crippen LogP contribution is -2.49. The first kappa shape index (κ1) is 16.7. The van der Waals surface area contributed by atoms with E-state index in [0.29, 0.717) is 31.1 Å². The molecular formula is C14H21N3O4S. The minimum absolute atomic E-state index is 0.184. The lowest BCUT2D eigenvalue weighted by molar-refractivity contribution is 0.0698. The molecule has 1 N–H and O–H groups in total. The first-order valence-corrected chi connectivity index (χ1v) is 9.14. The number of hydrogen-bond acceptors (Lipinski definition) is 5. The van der Waals surface area contributed by atoms with E-state index in [4.69, 9.17) is 4.74 Å². The normalized spacial score (nSPS) is 19.0. The molecule has 1 aliphatic heterocycles. The second kappa shape index (κ2) is 7.06. The number of nitrogens with zero attached hydrogens (tertiary/aromatic N) is 2. The summed E-state index contributed by atoms with van der Waals surface area (Å²) in [4.78, 5) is 18.4. The number of aromatic nitrogens is 1. The molecule has 8 heteroatoms. The fourth-order valence-electron chi connectivity index (χ4n) is 2.54. The summed E-state index contributed by atoms with van der Waals surface area (Å²) >= 11 is 0. The van der Waals surface area contributed by atoms with Crippen molar-refractivity contribution in [3.8, 4) is 5.88 Å². The van der Waals surface area contributed by atoms with Crippen LogP contribution in [0.15, 0.2) is 18.3 Å². The third-order valence-corrected chi connectivity index (χ3v) is 4.13. The largest absolute Gasteiger partial charge is 0.477 e. The topological polar surface area (TPSA) is 88.6 Å². The number of rotatable bonds is 5. The zero-order valence-electron chi connectivity index (χ0n) is 12.8. The van der Waals surface area contributed by atoms with Crippen molar-refractivity contribution in [1.82, 2.24) is 14.6 Å². The van der Waals surface area contributed by atoms with Crippen LogP contribution in [0.5, 0.6) is 5.88 Å². The SMILES string of the molecule is CCOc1ncccc1C(=O)N1CCC[C@H](NS(C)(=O)=O)C1. The number of sulfonamides is 1. The van der Waals surface area contributed by atoms with Crippen LogP contribution >= 0.6 is 0 Å². The highest BCUT2D eigenvalue weighted by molar-refractivity contribution is 7.88. The molecule has 0 spiro atoms. The summed E-state index contributed by atoms with van der Waals surface area (Å²) in [6, 6.07) is 3.11. The average Bonchev–Trinajstić information content (AvgIpc) is 2.46. The van der Waals surface area contributed by atoms with Crippen molar-refractivity contribution >= 4 is 15.9 Å². The number of hydrogen-bond donors (Lipinski definition) is 1. The number of carbonyl (C=O) groups excluding carboxylic acids is 1. The molecule has 1 fully saturated rings. The molecule has 0 saturated carbocycles. The summed E-state index contributed by atoms with van der Waals surface area (Å²) in [5.41, 5.74) is 0.407. The minimum atomic E-state index is -3.28. The number of ether oxygens (including phenoxy) is 1. The molecule has 2 rings (SSSR count). The maximum Gasteiger partial charge on any atom is 0.259 e. The fraction of sp³-hybridized carbons (Fsp3) is 0.571. The first-order chi connectivity index (χ1) is 10.4. The molecule has 0 radical (unpaired) electrons. The van der Waals surface area contributed by atoms with Gasteiger partial charge in [-0.3, -0.25) is 4.79 Å². The van der Waals surface area contributed by atoms with Crippen LogP contribution in [0.2, 0.25) is 0 Å². The Bertz CT molecular complexity index is 633. The van der Waals surface area contributed by atoms with Gasteiger partial charge in [0.05, 0.1) is 12.9 Å². The lowest BCUT2D eigenvalue weighted by Gasteiger charge is -2.33. The van der Waals surface area contributed by atoms with E-state index in [9.17, 15) is 13.2 Å². The van der Waals surface area contributed by atoms with Gasteiger partial charge in [0.25, 0.3) is 5.91 Å². The van der Waals surface area contributed by atoms with Crippen molar-refractivity contribution in [2.75, 3.05) is 26.0 Å². The van der Waals surface area contributed by atoms with Gasteiger partial charge in [-0.05, 0) is 31.9 Å². The van der Waals surface area contributed by atoms with Gasteiger partial charge < -0.3 is 9.64 Å². The fourth-order valence-corrected chi connectivity index (χ4v) is 3.33. The number of pyridine rings is 1. The van der Waals surface area contributed by atoms with E-state index in [2.05, 4.69) is 9.71 Å². The lowest BCUT2D eigenvalue weighted by atomic mass is 10.1. The Morgan fingerprint density at radius 2 is 2.32 bits per heavy atom. The van der Waals surface area contributed by atoms with Gasteiger partial charge in [0.1, 0.15) is 5.56 Å². The van der Waals surface area contributed by atoms with E-state index >= 15 is 0 Å². The molecular weight excluding hydrogens is 306 g/mol. The summed E-state index contributed by atoms with van der Waals surface area (Å²) in [6.07, 6.45) is 4.18. The van der Waals surface area contributed by atoms with Gasteiger partial charge in [0.15, 0.2) is 0 Å². The molecule has 1 atom stereocenters. The molecule has 2 heterocycles. The van der Waals surface area contributed by atoms with Crippen LogP contribution in [0, 0.1) is 0 Å². The molecule has 1 aromatic rings. The van der Waals surface area contributed by atoms with Crippen LogP contribution in [0.25, 0.3) is 0 Å². The zero-order valence-corrected chi connectivity index (χ0v) is 13.6. The molecule has 22 heavy (non-hydrogen) atoms. The van der Waals surface area contributed by atoms with Gasteiger partial charge in [0, 0.05) is 25.3 Å². The second-order valence-corrected chi connectivity index (χ2v) is 7.05. The third-order valence-electron chi connectivity index (χ3n) is 3.37. The van der Waals surface area contributed by atoms with Crippen molar-refractivity contribution in [1.29, 1.82) is 0 Å². The quantitative estimate of drug-likeness (QED) is 0.857. The molecule has 0 unspecified atom stereocenters. The van der Waals surface area contributed by atoms with Crippen LogP contribution in [-0.4, -0.2) is 56.2 Å². The number of piperidine rings is 1. The van der Waals surface area contributed by atoms with E-state index in [1.807, 2.05) is 6.92 Å². The molecule has 0 bridgehead atoms. The predicted octanol–water partition coefficient (Wildman–Crippen LogP) is 0.634. The number of likely N-dealkylation sites (tertiary alicyclic amines) is 1. The Labute approximate surface area is 130 Å². The molecule has 7 nitrogen and oxygen atoms in total. The maximum absolute atomic E-state index is 12.6. The summed E-state index contributed by atoms with van der Waals surface area (Å²) < 4.78 is 30.6. The highest BCUT2D eigenvalue weighted by Crippen LogP contribution is 2.20.